The summed E-state index contributed by atoms with van der Waals surface area (Å²) < 4.78 is 1.56. The second kappa shape index (κ2) is 11.9. The number of aromatic nitrogens is 2. The van der Waals surface area contributed by atoms with Crippen LogP contribution in [0.3, 0.4) is 0 Å². The molecule has 2 heterocycles. The molecule has 1 aliphatic heterocycles. The molecule has 0 bridgehead atoms. The lowest BCUT2D eigenvalue weighted by molar-refractivity contribution is -0.130. The van der Waals surface area contributed by atoms with Gasteiger partial charge in [0.2, 0.25) is 5.91 Å². The Morgan fingerprint density at radius 1 is 1.00 bits per heavy atom. The summed E-state index contributed by atoms with van der Waals surface area (Å²) in [4.78, 5) is 41.9. The van der Waals surface area contributed by atoms with Gasteiger partial charge in [-0.1, -0.05) is 49.4 Å². The lowest BCUT2D eigenvalue weighted by Gasteiger charge is -2.28. The van der Waals surface area contributed by atoms with Crippen molar-refractivity contribution in [3.63, 3.8) is 0 Å². The second-order valence-electron chi connectivity index (χ2n) is 10.0. The Labute approximate surface area is 238 Å². The van der Waals surface area contributed by atoms with Gasteiger partial charge in [0.15, 0.2) is 0 Å². The van der Waals surface area contributed by atoms with Crippen molar-refractivity contribution in [2.45, 2.75) is 32.9 Å². The van der Waals surface area contributed by atoms with Crippen molar-refractivity contribution in [1.82, 2.24) is 14.7 Å². The molecule has 3 aromatic carbocycles. The molecule has 0 fully saturated rings. The molecule has 0 radical (unpaired) electrons. The van der Waals surface area contributed by atoms with Gasteiger partial charge in [0.1, 0.15) is 5.69 Å². The molecule has 0 spiro atoms. The van der Waals surface area contributed by atoms with Crippen LogP contribution < -0.4 is 10.2 Å². The van der Waals surface area contributed by atoms with Gasteiger partial charge in [-0.3, -0.25) is 19.1 Å². The van der Waals surface area contributed by atoms with E-state index in [1.54, 1.807) is 38.7 Å². The van der Waals surface area contributed by atoms with Crippen molar-refractivity contribution in [3.05, 3.63) is 113 Å². The van der Waals surface area contributed by atoms with Gasteiger partial charge < -0.3 is 15.1 Å². The molecule has 9 heteroatoms. The van der Waals surface area contributed by atoms with Crippen LogP contribution in [0, 0.1) is 11.3 Å². The summed E-state index contributed by atoms with van der Waals surface area (Å²) in [5.74, 6) is -0.644. The quantitative estimate of drug-likeness (QED) is 0.347. The smallest absolute Gasteiger partial charge is 0.277 e. The number of nitriles is 1. The Kier molecular flexibility index (Phi) is 7.92. The van der Waals surface area contributed by atoms with Gasteiger partial charge in [-0.15, -0.1) is 0 Å². The highest BCUT2D eigenvalue weighted by atomic mass is 16.2. The summed E-state index contributed by atoms with van der Waals surface area (Å²) in [6, 6.07) is 24.7. The maximum absolute atomic E-state index is 13.5. The molecule has 0 atom stereocenters. The van der Waals surface area contributed by atoms with Crippen LogP contribution in [0.25, 0.3) is 0 Å². The molecule has 0 unspecified atom stereocenters. The fraction of sp³-hybridized carbons (Fsp3) is 0.219. The van der Waals surface area contributed by atoms with Crippen LogP contribution in [0.15, 0.2) is 79.0 Å². The van der Waals surface area contributed by atoms with Gasteiger partial charge in [-0.05, 0) is 53.4 Å². The third-order valence-corrected chi connectivity index (χ3v) is 7.11. The molecule has 0 saturated heterocycles. The highest BCUT2D eigenvalue weighted by molar-refractivity contribution is 6.15. The van der Waals surface area contributed by atoms with Crippen LogP contribution in [-0.2, 0) is 24.3 Å². The lowest BCUT2D eigenvalue weighted by atomic mass is 10.0. The van der Waals surface area contributed by atoms with Crippen molar-refractivity contribution in [1.29, 1.82) is 5.26 Å². The van der Waals surface area contributed by atoms with E-state index in [2.05, 4.69) is 22.5 Å². The van der Waals surface area contributed by atoms with Crippen molar-refractivity contribution >= 4 is 29.1 Å². The van der Waals surface area contributed by atoms with E-state index in [1.165, 1.54) is 6.20 Å². The van der Waals surface area contributed by atoms with Gasteiger partial charge in [0, 0.05) is 37.9 Å². The number of carbonyl (C=O) groups is 3. The Bertz CT molecular complexity index is 1650. The number of nitrogens with one attached hydrogen (secondary N) is 1. The van der Waals surface area contributed by atoms with Crippen LogP contribution in [0.1, 0.15) is 56.4 Å². The molecule has 206 valence electrons. The monoisotopic (exact) mass is 546 g/mol. The zero-order valence-corrected chi connectivity index (χ0v) is 23.0. The number of hydrogen-bond donors (Lipinski definition) is 1. The van der Waals surface area contributed by atoms with Crippen LogP contribution in [0.4, 0.5) is 11.4 Å². The summed E-state index contributed by atoms with van der Waals surface area (Å²) in [5, 5.41) is 16.2. The first kappa shape index (κ1) is 27.3. The molecule has 0 aliphatic carbocycles. The molecular weight excluding hydrogens is 516 g/mol. The molecule has 4 aromatic rings. The number of fused-ring (bicyclic) bond motifs is 1. The average Bonchev–Trinajstić information content (AvgIpc) is 3.43. The van der Waals surface area contributed by atoms with Crippen molar-refractivity contribution in [2.75, 3.05) is 23.8 Å². The van der Waals surface area contributed by atoms with E-state index in [9.17, 15) is 14.4 Å². The zero-order chi connectivity index (χ0) is 28.9. The first-order valence-electron chi connectivity index (χ1n) is 13.5. The SMILES string of the molecule is CCC(=O)N(C)Cc1cccc(Cc2ccc(N3CCn4ncc(C(=O)Nc5cccc(C#N)c5)c4C3=O)cc2)c1. The number of hydrogen-bond acceptors (Lipinski definition) is 5. The van der Waals surface area contributed by atoms with Gasteiger partial charge in [-0.25, -0.2) is 0 Å². The predicted octanol–water partition coefficient (Wildman–Crippen LogP) is 4.63. The maximum atomic E-state index is 13.5. The fourth-order valence-corrected chi connectivity index (χ4v) is 4.98. The topological polar surface area (TPSA) is 111 Å². The number of nitrogens with zero attached hydrogens (tertiary/aromatic N) is 5. The molecule has 3 amide bonds. The van der Waals surface area contributed by atoms with E-state index >= 15 is 0 Å². The standard InChI is InChI=1S/C32H30N6O3/c1-3-29(39)36(2)21-25-8-4-6-23(17-25)16-22-10-12-27(13-11-22)37-14-15-38-30(32(37)41)28(20-34-38)31(40)35-26-9-5-7-24(18-26)19-33/h4-13,17-18,20H,3,14-16,21H2,1-2H3,(H,35,40). The van der Waals surface area contributed by atoms with E-state index in [-0.39, 0.29) is 23.1 Å². The van der Waals surface area contributed by atoms with Crippen LogP contribution in [-0.4, -0.2) is 46.0 Å². The summed E-state index contributed by atoms with van der Waals surface area (Å²) in [6.45, 7) is 3.32. The first-order chi connectivity index (χ1) is 19.9. The van der Waals surface area contributed by atoms with E-state index in [1.807, 2.05) is 56.4 Å². The minimum Gasteiger partial charge on any atom is -0.341 e. The van der Waals surface area contributed by atoms with Crippen LogP contribution in [0.5, 0.6) is 0 Å². The molecule has 41 heavy (non-hydrogen) atoms. The second-order valence-corrected chi connectivity index (χ2v) is 10.0. The highest BCUT2D eigenvalue weighted by Gasteiger charge is 2.32. The third-order valence-electron chi connectivity index (χ3n) is 7.11. The minimum atomic E-state index is -0.459. The van der Waals surface area contributed by atoms with Crippen molar-refractivity contribution in [2.24, 2.45) is 0 Å². The maximum Gasteiger partial charge on any atom is 0.277 e. The number of rotatable bonds is 8. The first-order valence-corrected chi connectivity index (χ1v) is 13.5. The van der Waals surface area contributed by atoms with Crippen molar-refractivity contribution < 1.29 is 14.4 Å². The molecular formula is C32H30N6O3. The van der Waals surface area contributed by atoms with E-state index in [0.29, 0.717) is 37.3 Å². The Hall–Kier alpha value is -5.23. The number of amides is 3. The molecule has 9 nitrogen and oxygen atoms in total. The fourth-order valence-electron chi connectivity index (χ4n) is 4.98. The van der Waals surface area contributed by atoms with Gasteiger partial charge in [-0.2, -0.15) is 10.4 Å². The normalized spacial score (nSPS) is 12.4. The number of carbonyl (C=O) groups excluding carboxylic acids is 3. The summed E-state index contributed by atoms with van der Waals surface area (Å²) >= 11 is 0. The summed E-state index contributed by atoms with van der Waals surface area (Å²) in [5.41, 5.74) is 5.37. The van der Waals surface area contributed by atoms with E-state index < -0.39 is 5.91 Å². The van der Waals surface area contributed by atoms with Crippen LogP contribution >= 0.6 is 0 Å². The van der Waals surface area contributed by atoms with Gasteiger partial charge in [0.05, 0.1) is 29.9 Å². The lowest BCUT2D eigenvalue weighted by Crippen LogP contribution is -2.41. The Balaban J connectivity index is 1.28. The molecule has 1 aliphatic rings. The Morgan fingerprint density at radius 3 is 2.51 bits per heavy atom. The van der Waals surface area contributed by atoms with Gasteiger partial charge in [0.25, 0.3) is 11.8 Å². The van der Waals surface area contributed by atoms with Crippen LogP contribution in [0.2, 0.25) is 0 Å². The molecule has 1 N–H and O–H groups in total. The summed E-state index contributed by atoms with van der Waals surface area (Å²) in [6.07, 6.45) is 2.61. The van der Waals surface area contributed by atoms with Gasteiger partial charge >= 0.3 is 0 Å². The molecule has 0 saturated carbocycles. The predicted molar refractivity (Wildman–Crippen MR) is 155 cm³/mol. The largest absolute Gasteiger partial charge is 0.341 e. The number of benzene rings is 3. The third kappa shape index (κ3) is 6.02. The average molecular weight is 547 g/mol. The van der Waals surface area contributed by atoms with E-state index in [4.69, 9.17) is 5.26 Å². The zero-order valence-electron chi connectivity index (χ0n) is 23.0. The van der Waals surface area contributed by atoms with E-state index in [0.717, 1.165) is 28.8 Å². The number of anilines is 2. The summed E-state index contributed by atoms with van der Waals surface area (Å²) in [7, 11) is 1.82. The Morgan fingerprint density at radius 2 is 1.76 bits per heavy atom. The van der Waals surface area contributed by atoms with Crippen molar-refractivity contribution in [3.8, 4) is 6.07 Å². The molecule has 1 aromatic heterocycles. The highest BCUT2D eigenvalue weighted by Crippen LogP contribution is 2.25. The molecule has 5 rings (SSSR count). The minimum absolute atomic E-state index is 0.111.